The van der Waals surface area contributed by atoms with Gasteiger partial charge in [-0.2, -0.15) is 0 Å². The van der Waals surface area contributed by atoms with Gasteiger partial charge in [-0.15, -0.1) is 11.3 Å². The summed E-state index contributed by atoms with van der Waals surface area (Å²) in [6.07, 6.45) is 8.33. The van der Waals surface area contributed by atoms with Crippen LogP contribution in [-0.4, -0.2) is 33.6 Å². The minimum atomic E-state index is -0.896. The summed E-state index contributed by atoms with van der Waals surface area (Å²) in [5.41, 5.74) is 1.03. The van der Waals surface area contributed by atoms with Crippen molar-refractivity contribution < 1.29 is 14.4 Å². The largest absolute Gasteiger partial charge is 0.351 e. The quantitative estimate of drug-likeness (QED) is 0.547. The minimum absolute atomic E-state index is 0.0991. The lowest BCUT2D eigenvalue weighted by Gasteiger charge is -2.31. The molecule has 1 atom stereocenters. The van der Waals surface area contributed by atoms with Crippen LogP contribution in [0.25, 0.3) is 0 Å². The first-order valence-electron chi connectivity index (χ1n) is 10.6. The van der Waals surface area contributed by atoms with Gasteiger partial charge < -0.3 is 5.32 Å². The van der Waals surface area contributed by atoms with Crippen LogP contribution in [0.3, 0.4) is 0 Å². The second-order valence-electron chi connectivity index (χ2n) is 7.78. The van der Waals surface area contributed by atoms with Gasteiger partial charge in [0.25, 0.3) is 5.91 Å². The van der Waals surface area contributed by atoms with Crippen molar-refractivity contribution in [3.05, 3.63) is 76.5 Å². The zero-order valence-electron chi connectivity index (χ0n) is 17.7. The summed E-state index contributed by atoms with van der Waals surface area (Å²) in [6.45, 7) is 1.47. The molecule has 2 amide bonds. The Kier molecular flexibility index (Phi) is 6.70. The maximum atomic E-state index is 13.7. The number of rotatable bonds is 7. The van der Waals surface area contributed by atoms with Crippen molar-refractivity contribution in [1.82, 2.24) is 15.3 Å². The summed E-state index contributed by atoms with van der Waals surface area (Å²) in [5, 5.41) is 5.01. The van der Waals surface area contributed by atoms with Crippen molar-refractivity contribution in [2.24, 2.45) is 0 Å². The predicted octanol–water partition coefficient (Wildman–Crippen LogP) is 4.19. The van der Waals surface area contributed by atoms with Crippen LogP contribution in [0.1, 0.15) is 64.4 Å². The third-order valence-electron chi connectivity index (χ3n) is 5.55. The third kappa shape index (κ3) is 4.75. The number of carbonyl (C=O) groups excluding carboxylic acids is 3. The molecular formula is C24H24N4O3S. The summed E-state index contributed by atoms with van der Waals surface area (Å²) >= 11 is 1.41. The topological polar surface area (TPSA) is 92.3 Å². The Bertz CT molecular complexity index is 1100. The Morgan fingerprint density at radius 1 is 1.12 bits per heavy atom. The maximum Gasteiger partial charge on any atom is 0.279 e. The average Bonchev–Trinajstić information content (AvgIpc) is 3.52. The van der Waals surface area contributed by atoms with E-state index in [2.05, 4.69) is 15.3 Å². The molecule has 1 N–H and O–H groups in total. The van der Waals surface area contributed by atoms with Crippen LogP contribution < -0.4 is 10.2 Å². The van der Waals surface area contributed by atoms with Gasteiger partial charge in [-0.05, 0) is 43.3 Å². The molecule has 4 rings (SSSR count). The fourth-order valence-electron chi connectivity index (χ4n) is 3.96. The molecule has 164 valence electrons. The first-order chi connectivity index (χ1) is 15.5. The standard InChI is InChI=1S/C24H24N4O3S/c1-16(29)17-6-4-9-19(14-17)28(24(31)20-15-25-11-12-26-20)22(21-10-5-13-32-21)23(30)27-18-7-2-3-8-18/h4-6,9-15,18,22H,2-3,7-8H2,1H3,(H,27,30)/t22-/m1/s1. The van der Waals surface area contributed by atoms with Gasteiger partial charge in [0, 0.05) is 34.6 Å². The van der Waals surface area contributed by atoms with Crippen molar-refractivity contribution in [2.75, 3.05) is 4.90 Å². The highest BCUT2D eigenvalue weighted by Gasteiger charge is 2.36. The number of anilines is 1. The number of nitrogens with one attached hydrogen (secondary N) is 1. The Morgan fingerprint density at radius 2 is 1.94 bits per heavy atom. The fraction of sp³-hybridized carbons (Fsp3) is 0.292. The van der Waals surface area contributed by atoms with Crippen LogP contribution in [0.2, 0.25) is 0 Å². The number of carbonyl (C=O) groups is 3. The van der Waals surface area contributed by atoms with Gasteiger partial charge in [0.2, 0.25) is 5.91 Å². The van der Waals surface area contributed by atoms with Gasteiger partial charge in [-0.25, -0.2) is 4.98 Å². The van der Waals surface area contributed by atoms with E-state index in [1.165, 1.54) is 41.8 Å². The first-order valence-corrected chi connectivity index (χ1v) is 11.5. The first kappa shape index (κ1) is 21.8. The summed E-state index contributed by atoms with van der Waals surface area (Å²) in [7, 11) is 0. The highest BCUT2D eigenvalue weighted by Crippen LogP contribution is 2.33. The van der Waals surface area contributed by atoms with Crippen LogP contribution in [-0.2, 0) is 4.79 Å². The minimum Gasteiger partial charge on any atom is -0.351 e. The number of Topliss-reactive ketones (excluding diaryl/α,β-unsaturated/α-hetero) is 1. The van der Waals surface area contributed by atoms with Gasteiger partial charge in [-0.3, -0.25) is 24.3 Å². The molecule has 0 saturated heterocycles. The van der Waals surface area contributed by atoms with E-state index in [0.717, 1.165) is 30.6 Å². The lowest BCUT2D eigenvalue weighted by atomic mass is 10.1. The van der Waals surface area contributed by atoms with Gasteiger partial charge in [0.15, 0.2) is 11.8 Å². The number of amides is 2. The zero-order valence-corrected chi connectivity index (χ0v) is 18.5. The lowest BCUT2D eigenvalue weighted by molar-refractivity contribution is -0.123. The van der Waals surface area contributed by atoms with Crippen LogP contribution >= 0.6 is 11.3 Å². The molecule has 0 radical (unpaired) electrons. The van der Waals surface area contributed by atoms with E-state index >= 15 is 0 Å². The molecule has 0 unspecified atom stereocenters. The van der Waals surface area contributed by atoms with E-state index < -0.39 is 11.9 Å². The number of benzene rings is 1. The average molecular weight is 449 g/mol. The molecule has 2 heterocycles. The van der Waals surface area contributed by atoms with Gasteiger partial charge in [0.1, 0.15) is 5.69 Å². The number of ketones is 1. The fourth-order valence-corrected chi connectivity index (χ4v) is 4.77. The van der Waals surface area contributed by atoms with E-state index in [9.17, 15) is 14.4 Å². The predicted molar refractivity (Wildman–Crippen MR) is 123 cm³/mol. The molecule has 32 heavy (non-hydrogen) atoms. The van der Waals surface area contributed by atoms with Crippen molar-refractivity contribution in [2.45, 2.75) is 44.7 Å². The highest BCUT2D eigenvalue weighted by atomic mass is 32.1. The van der Waals surface area contributed by atoms with Crippen molar-refractivity contribution >= 4 is 34.6 Å². The summed E-state index contributed by atoms with van der Waals surface area (Å²) in [4.78, 5) is 49.6. The monoisotopic (exact) mass is 448 g/mol. The van der Waals surface area contributed by atoms with Crippen LogP contribution in [0.5, 0.6) is 0 Å². The van der Waals surface area contributed by atoms with Crippen LogP contribution in [0.15, 0.2) is 60.4 Å². The van der Waals surface area contributed by atoms with Crippen LogP contribution in [0.4, 0.5) is 5.69 Å². The van der Waals surface area contributed by atoms with Crippen LogP contribution in [0, 0.1) is 0 Å². The Balaban J connectivity index is 1.81. The van der Waals surface area contributed by atoms with Gasteiger partial charge in [-0.1, -0.05) is 31.0 Å². The Hall–Kier alpha value is -3.39. The molecule has 0 bridgehead atoms. The lowest BCUT2D eigenvalue weighted by Crippen LogP contribution is -2.46. The second kappa shape index (κ2) is 9.82. The van der Waals surface area contributed by atoms with E-state index in [0.29, 0.717) is 11.3 Å². The summed E-state index contributed by atoms with van der Waals surface area (Å²) in [6, 6.07) is 9.67. The number of hydrogen-bond acceptors (Lipinski definition) is 6. The highest BCUT2D eigenvalue weighted by molar-refractivity contribution is 7.10. The summed E-state index contributed by atoms with van der Waals surface area (Å²) < 4.78 is 0. The molecule has 1 aliphatic carbocycles. The smallest absolute Gasteiger partial charge is 0.279 e. The second-order valence-corrected chi connectivity index (χ2v) is 8.76. The molecule has 3 aromatic rings. The zero-order chi connectivity index (χ0) is 22.5. The van der Waals surface area contributed by atoms with E-state index in [4.69, 9.17) is 0 Å². The summed E-state index contributed by atoms with van der Waals surface area (Å²) in [5.74, 6) is -0.828. The van der Waals surface area contributed by atoms with E-state index in [1.54, 1.807) is 24.3 Å². The molecule has 1 fully saturated rings. The Morgan fingerprint density at radius 3 is 2.59 bits per heavy atom. The number of hydrogen-bond donors (Lipinski definition) is 1. The van der Waals surface area contributed by atoms with Gasteiger partial charge >= 0.3 is 0 Å². The maximum absolute atomic E-state index is 13.7. The number of aromatic nitrogens is 2. The van der Waals surface area contributed by atoms with Crippen molar-refractivity contribution in [3.63, 3.8) is 0 Å². The molecular weight excluding hydrogens is 424 g/mol. The van der Waals surface area contributed by atoms with Crippen molar-refractivity contribution in [1.29, 1.82) is 0 Å². The van der Waals surface area contributed by atoms with Gasteiger partial charge in [0.05, 0.1) is 6.20 Å². The molecule has 1 aromatic carbocycles. The number of thiophene rings is 1. The third-order valence-corrected chi connectivity index (χ3v) is 6.48. The SMILES string of the molecule is CC(=O)c1cccc(N(C(=O)c2cnccn2)[C@@H](C(=O)NC2CCCC2)c2cccs2)c1. The van der Waals surface area contributed by atoms with Crippen molar-refractivity contribution in [3.8, 4) is 0 Å². The molecule has 0 spiro atoms. The van der Waals surface area contributed by atoms with E-state index in [1.807, 2.05) is 17.5 Å². The number of nitrogens with zero attached hydrogens (tertiary/aromatic N) is 3. The normalized spacial score (nSPS) is 14.7. The molecule has 0 aliphatic heterocycles. The van der Waals surface area contributed by atoms with E-state index in [-0.39, 0.29) is 23.4 Å². The molecule has 7 nitrogen and oxygen atoms in total. The molecule has 8 heteroatoms. The Labute approximate surface area is 190 Å². The molecule has 2 aromatic heterocycles. The molecule has 1 saturated carbocycles. The molecule has 1 aliphatic rings.